The molecule has 3 aromatic carbocycles. The van der Waals surface area contributed by atoms with E-state index in [1.165, 1.54) is 42.5 Å². The van der Waals surface area contributed by atoms with E-state index in [1.807, 2.05) is 0 Å². The van der Waals surface area contributed by atoms with Crippen LogP contribution in [0.25, 0.3) is 0 Å². The van der Waals surface area contributed by atoms with Crippen molar-refractivity contribution in [1.82, 2.24) is 0 Å². The molecule has 0 saturated heterocycles. The highest BCUT2D eigenvalue weighted by molar-refractivity contribution is 7.87. The smallest absolute Gasteiger partial charge is 0.283 e. The lowest BCUT2D eigenvalue weighted by atomic mass is 9.82. The van der Waals surface area contributed by atoms with Crippen LogP contribution in [-0.2, 0) is 14.9 Å². The van der Waals surface area contributed by atoms with Gasteiger partial charge in [0.1, 0.15) is 11.5 Å². The molecule has 0 bridgehead atoms. The van der Waals surface area contributed by atoms with E-state index in [4.69, 9.17) is 46.4 Å². The summed E-state index contributed by atoms with van der Waals surface area (Å²) in [7, 11) is -5.20. The van der Waals surface area contributed by atoms with Crippen LogP contribution in [0.4, 0.5) is 0 Å². The van der Waals surface area contributed by atoms with Crippen molar-refractivity contribution in [3.05, 3.63) is 91.4 Å². The third-order valence-electron chi connectivity index (χ3n) is 4.40. The minimum Gasteiger partial charge on any atom is -0.508 e. The quantitative estimate of drug-likeness (QED) is 0.311. The highest BCUT2D eigenvalue weighted by Gasteiger charge is 2.53. The maximum atomic E-state index is 13.0. The van der Waals surface area contributed by atoms with Crippen LogP contribution in [0.2, 0.25) is 20.1 Å². The molecule has 0 aliphatic rings. The summed E-state index contributed by atoms with van der Waals surface area (Å²) in [6.45, 7) is 0. The van der Waals surface area contributed by atoms with Crippen molar-refractivity contribution in [3.8, 4) is 11.5 Å². The van der Waals surface area contributed by atoms with Gasteiger partial charge in [-0.2, -0.15) is 8.42 Å². The summed E-state index contributed by atoms with van der Waals surface area (Å²) in [6, 6.07) is 11.6. The van der Waals surface area contributed by atoms with Gasteiger partial charge in [-0.1, -0.05) is 70.7 Å². The second kappa shape index (κ2) is 7.87. The number of benzene rings is 3. The highest BCUT2D eigenvalue weighted by Crippen LogP contribution is 2.54. The lowest BCUT2D eigenvalue weighted by Crippen LogP contribution is -2.39. The van der Waals surface area contributed by atoms with Gasteiger partial charge in [0.05, 0.1) is 10.0 Å². The lowest BCUT2D eigenvalue weighted by molar-refractivity contribution is 0.428. The van der Waals surface area contributed by atoms with Crippen molar-refractivity contribution in [2.75, 3.05) is 0 Å². The lowest BCUT2D eigenvalue weighted by Gasteiger charge is -2.34. The van der Waals surface area contributed by atoms with Crippen LogP contribution in [-0.4, -0.2) is 23.2 Å². The minimum atomic E-state index is -5.20. The first kappa shape index (κ1) is 22.0. The Bertz CT molecular complexity index is 1190. The van der Waals surface area contributed by atoms with Crippen molar-refractivity contribution in [2.24, 2.45) is 0 Å². The van der Waals surface area contributed by atoms with Crippen molar-refractivity contribution in [2.45, 2.75) is 4.75 Å². The fourth-order valence-electron chi connectivity index (χ4n) is 3.25. The average molecular weight is 494 g/mol. The Hall–Kier alpha value is -1.67. The topological polar surface area (TPSA) is 94.8 Å². The third-order valence-corrected chi connectivity index (χ3v) is 7.17. The predicted molar refractivity (Wildman–Crippen MR) is 114 cm³/mol. The van der Waals surface area contributed by atoms with Crippen LogP contribution in [0.1, 0.15) is 16.7 Å². The Morgan fingerprint density at radius 1 is 0.690 bits per heavy atom. The molecule has 152 valence electrons. The molecular weight excluding hydrogens is 482 g/mol. The van der Waals surface area contributed by atoms with Crippen LogP contribution >= 0.6 is 46.4 Å². The van der Waals surface area contributed by atoms with E-state index >= 15 is 0 Å². The molecule has 0 radical (unpaired) electrons. The third kappa shape index (κ3) is 3.54. The summed E-state index contributed by atoms with van der Waals surface area (Å²) < 4.78 is 33.9. The van der Waals surface area contributed by atoms with Crippen molar-refractivity contribution in [3.63, 3.8) is 0 Å². The Morgan fingerprint density at radius 3 is 1.79 bits per heavy atom. The van der Waals surface area contributed by atoms with Crippen molar-refractivity contribution < 1.29 is 23.2 Å². The van der Waals surface area contributed by atoms with Crippen molar-refractivity contribution in [1.29, 1.82) is 0 Å². The van der Waals surface area contributed by atoms with Gasteiger partial charge >= 0.3 is 0 Å². The molecule has 0 aromatic heterocycles. The Labute approximate surface area is 186 Å². The zero-order chi connectivity index (χ0) is 21.6. The Kier molecular flexibility index (Phi) is 5.98. The first-order valence-corrected chi connectivity index (χ1v) is 10.9. The van der Waals surface area contributed by atoms with Gasteiger partial charge in [-0.05, 0) is 24.3 Å². The largest absolute Gasteiger partial charge is 0.508 e. The molecule has 0 saturated carbocycles. The summed E-state index contributed by atoms with van der Waals surface area (Å²) >= 11 is 24.6. The van der Waals surface area contributed by atoms with Gasteiger partial charge in [-0.25, -0.2) is 0 Å². The average Bonchev–Trinajstić information content (AvgIpc) is 2.62. The molecule has 1 atom stereocenters. The minimum absolute atomic E-state index is 0.0558. The fraction of sp³-hybridized carbons (Fsp3) is 0.0526. The zero-order valence-electron chi connectivity index (χ0n) is 14.3. The second-order valence-electron chi connectivity index (χ2n) is 6.05. The van der Waals surface area contributed by atoms with E-state index in [0.717, 1.165) is 12.1 Å². The first-order chi connectivity index (χ1) is 13.5. The monoisotopic (exact) mass is 492 g/mol. The van der Waals surface area contributed by atoms with Gasteiger partial charge in [0.25, 0.3) is 10.1 Å². The van der Waals surface area contributed by atoms with Gasteiger partial charge in [-0.15, -0.1) is 0 Å². The molecule has 0 heterocycles. The molecule has 5 nitrogen and oxygen atoms in total. The van der Waals surface area contributed by atoms with Gasteiger partial charge < -0.3 is 10.2 Å². The van der Waals surface area contributed by atoms with Gasteiger partial charge in [-0.3, -0.25) is 4.55 Å². The molecule has 0 aliphatic heterocycles. The summed E-state index contributed by atoms with van der Waals surface area (Å²) in [4.78, 5) is 0. The molecule has 10 heteroatoms. The van der Waals surface area contributed by atoms with E-state index in [9.17, 15) is 23.2 Å². The molecule has 29 heavy (non-hydrogen) atoms. The SMILES string of the molecule is O=S(=O)(O)C(c1ccccc1O)(c1cc(Cl)c(Cl)cc1O)c1c(Cl)cccc1Cl. The van der Waals surface area contributed by atoms with Crippen LogP contribution in [0, 0.1) is 0 Å². The summed E-state index contributed by atoms with van der Waals surface area (Å²) in [6.07, 6.45) is 0. The Balaban J connectivity index is 2.68. The number of phenolic OH excluding ortho intramolecular Hbond substituents is 2. The van der Waals surface area contributed by atoms with Crippen LogP contribution < -0.4 is 0 Å². The van der Waals surface area contributed by atoms with E-state index in [2.05, 4.69) is 0 Å². The number of aromatic hydroxyl groups is 2. The fourth-order valence-corrected chi connectivity index (χ4v) is 5.73. The second-order valence-corrected chi connectivity index (χ2v) is 9.24. The number of para-hydroxylation sites is 1. The number of rotatable bonds is 4. The van der Waals surface area contributed by atoms with Gasteiger partial charge in [0.15, 0.2) is 4.75 Å². The van der Waals surface area contributed by atoms with E-state index in [-0.39, 0.29) is 31.2 Å². The number of halogens is 4. The van der Waals surface area contributed by atoms with Crippen LogP contribution in [0.3, 0.4) is 0 Å². The molecule has 3 rings (SSSR count). The highest BCUT2D eigenvalue weighted by atomic mass is 35.5. The standard InChI is InChI=1S/C19H12Cl4O5S/c20-12-5-3-6-13(21)18(12)19(29(26,27)28,10-4-1-2-7-16(10)24)11-8-14(22)15(23)9-17(11)25/h1-9,24-25H,(H,26,27,28). The molecule has 3 N–H and O–H groups in total. The zero-order valence-corrected chi connectivity index (χ0v) is 18.1. The number of hydrogen-bond donors (Lipinski definition) is 3. The Morgan fingerprint density at radius 2 is 1.24 bits per heavy atom. The maximum absolute atomic E-state index is 13.0. The van der Waals surface area contributed by atoms with E-state index in [0.29, 0.717) is 0 Å². The van der Waals surface area contributed by atoms with E-state index in [1.54, 1.807) is 0 Å². The number of hydrogen-bond acceptors (Lipinski definition) is 4. The summed E-state index contributed by atoms with van der Waals surface area (Å²) in [5.41, 5.74) is -0.974. The molecule has 0 fully saturated rings. The van der Waals surface area contributed by atoms with Gasteiger partial charge in [0.2, 0.25) is 0 Å². The van der Waals surface area contributed by atoms with Crippen LogP contribution in [0.5, 0.6) is 11.5 Å². The number of phenols is 2. The molecule has 0 amide bonds. The van der Waals surface area contributed by atoms with Crippen molar-refractivity contribution >= 4 is 56.5 Å². The van der Waals surface area contributed by atoms with E-state index < -0.39 is 31.9 Å². The molecule has 1 unspecified atom stereocenters. The summed E-state index contributed by atoms with van der Waals surface area (Å²) in [5, 5.41) is 20.7. The molecule has 0 spiro atoms. The normalized spacial score (nSPS) is 13.8. The molecular formula is C19H12Cl4O5S. The molecule has 0 aliphatic carbocycles. The summed E-state index contributed by atoms with van der Waals surface area (Å²) in [5.74, 6) is -1.11. The van der Waals surface area contributed by atoms with Gasteiger partial charge in [0, 0.05) is 32.8 Å². The maximum Gasteiger partial charge on any atom is 0.283 e. The van der Waals surface area contributed by atoms with Crippen LogP contribution in [0.15, 0.2) is 54.6 Å². The predicted octanol–water partition coefficient (Wildman–Crippen LogP) is 5.89. The first-order valence-electron chi connectivity index (χ1n) is 7.90. The molecule has 3 aromatic rings.